The molecule has 11 heteroatoms. The number of carbonyl (C=O) groups is 1. The van der Waals surface area contributed by atoms with Gasteiger partial charge in [-0.05, 0) is 52.4 Å². The Morgan fingerprint density at radius 2 is 1.88 bits per heavy atom. The first kappa shape index (κ1) is 28.1. The summed E-state index contributed by atoms with van der Waals surface area (Å²) in [6, 6.07) is 4.30. The molecule has 34 heavy (non-hydrogen) atoms. The van der Waals surface area contributed by atoms with E-state index < -0.39 is 5.91 Å². The number of amides is 1. The number of anilines is 2. The highest BCUT2D eigenvalue weighted by Crippen LogP contribution is 2.34. The van der Waals surface area contributed by atoms with Crippen LogP contribution in [-0.4, -0.2) is 46.7 Å². The molecule has 1 atom stereocenters. The van der Waals surface area contributed by atoms with Crippen molar-refractivity contribution in [2.75, 3.05) is 31.1 Å². The largest absolute Gasteiger partial charge is 0.506 e. The fraction of sp³-hybridized carbons (Fsp3) is 0.522. The predicted molar refractivity (Wildman–Crippen MR) is 141 cm³/mol. The molecule has 0 aliphatic heterocycles. The lowest BCUT2D eigenvalue weighted by Crippen LogP contribution is -2.38. The van der Waals surface area contributed by atoms with Crippen LogP contribution in [0.25, 0.3) is 0 Å². The van der Waals surface area contributed by atoms with Crippen LogP contribution in [0, 0.1) is 0 Å². The van der Waals surface area contributed by atoms with E-state index in [1.807, 2.05) is 6.07 Å². The number of hydrogen-bond donors (Lipinski definition) is 6. The van der Waals surface area contributed by atoms with Crippen molar-refractivity contribution in [2.24, 2.45) is 0 Å². The van der Waals surface area contributed by atoms with Gasteiger partial charge in [0.05, 0.1) is 4.47 Å². The van der Waals surface area contributed by atoms with E-state index in [2.05, 4.69) is 75.6 Å². The van der Waals surface area contributed by atoms with Crippen molar-refractivity contribution in [2.45, 2.75) is 58.5 Å². The quantitative estimate of drug-likeness (QED) is 0.231. The Hall–Kier alpha value is -2.14. The van der Waals surface area contributed by atoms with E-state index in [1.54, 1.807) is 0 Å². The second-order valence-corrected chi connectivity index (χ2v) is 10.3. The number of hydrogen-bond acceptors (Lipinski definition) is 8. The van der Waals surface area contributed by atoms with Gasteiger partial charge in [0, 0.05) is 31.2 Å². The molecule has 1 aromatic carbocycles. The van der Waals surface area contributed by atoms with Gasteiger partial charge in [-0.1, -0.05) is 45.4 Å². The topological polar surface area (TPSA) is 151 Å². The van der Waals surface area contributed by atoms with Crippen LogP contribution >= 0.6 is 27.5 Å². The summed E-state index contributed by atoms with van der Waals surface area (Å²) in [5, 5.41) is 19.9. The van der Waals surface area contributed by atoms with E-state index in [-0.39, 0.29) is 39.7 Å². The van der Waals surface area contributed by atoms with Crippen molar-refractivity contribution in [3.05, 3.63) is 38.6 Å². The lowest BCUT2D eigenvalue weighted by atomic mass is 9.86. The van der Waals surface area contributed by atoms with Gasteiger partial charge in [0.2, 0.25) is 0 Å². The Morgan fingerprint density at radius 1 is 1.18 bits per heavy atom. The SMILES string of the molecule is CCC(CCNCc1cc(C(C)(C)C)cc(Br)c1O)NCCNC(=O)c1nc(Cl)c(N)nc1N. The van der Waals surface area contributed by atoms with E-state index in [9.17, 15) is 9.90 Å². The van der Waals surface area contributed by atoms with Crippen molar-refractivity contribution < 1.29 is 9.90 Å². The minimum Gasteiger partial charge on any atom is -0.506 e. The Labute approximate surface area is 214 Å². The number of rotatable bonds is 11. The van der Waals surface area contributed by atoms with Gasteiger partial charge < -0.3 is 32.5 Å². The van der Waals surface area contributed by atoms with Crippen LogP contribution in [0.1, 0.15) is 62.2 Å². The smallest absolute Gasteiger partial charge is 0.273 e. The second-order valence-electron chi connectivity index (χ2n) is 9.13. The number of aromatic nitrogens is 2. The van der Waals surface area contributed by atoms with Gasteiger partial charge in [-0.15, -0.1) is 0 Å². The Morgan fingerprint density at radius 3 is 2.53 bits per heavy atom. The van der Waals surface area contributed by atoms with Crippen molar-refractivity contribution in [3.63, 3.8) is 0 Å². The molecule has 188 valence electrons. The van der Waals surface area contributed by atoms with Crippen LogP contribution in [0.15, 0.2) is 16.6 Å². The third-order valence-corrected chi connectivity index (χ3v) is 6.33. The number of nitrogen functional groups attached to an aromatic ring is 2. The molecule has 2 aromatic rings. The Kier molecular flexibility index (Phi) is 10.4. The minimum atomic E-state index is -0.452. The van der Waals surface area contributed by atoms with E-state index >= 15 is 0 Å². The molecule has 1 aromatic heterocycles. The summed E-state index contributed by atoms with van der Waals surface area (Å²) in [5.41, 5.74) is 13.2. The van der Waals surface area contributed by atoms with Crippen LogP contribution in [0.3, 0.4) is 0 Å². The maximum absolute atomic E-state index is 12.3. The second kappa shape index (κ2) is 12.5. The summed E-state index contributed by atoms with van der Waals surface area (Å²) in [4.78, 5) is 20.0. The summed E-state index contributed by atoms with van der Waals surface area (Å²) in [5.74, 6) is -0.251. The van der Waals surface area contributed by atoms with Crippen molar-refractivity contribution >= 4 is 45.1 Å². The van der Waals surface area contributed by atoms with Gasteiger partial charge in [-0.3, -0.25) is 4.79 Å². The molecule has 1 unspecified atom stereocenters. The van der Waals surface area contributed by atoms with Gasteiger partial charge >= 0.3 is 0 Å². The number of aromatic hydroxyl groups is 1. The molecule has 2 rings (SSSR count). The molecular formula is C23H35BrClN7O2. The molecule has 1 heterocycles. The number of nitrogens with zero attached hydrogens (tertiary/aromatic N) is 2. The van der Waals surface area contributed by atoms with E-state index in [0.717, 1.165) is 30.5 Å². The first-order valence-electron chi connectivity index (χ1n) is 11.3. The predicted octanol–water partition coefficient (Wildman–Crippen LogP) is 3.34. The number of carbonyl (C=O) groups excluding carboxylic acids is 1. The molecule has 0 bridgehead atoms. The molecule has 0 aliphatic carbocycles. The van der Waals surface area contributed by atoms with Crippen molar-refractivity contribution in [1.82, 2.24) is 25.9 Å². The summed E-state index contributed by atoms with van der Waals surface area (Å²) in [6.07, 6.45) is 1.84. The lowest BCUT2D eigenvalue weighted by Gasteiger charge is -2.22. The van der Waals surface area contributed by atoms with Gasteiger partial charge in [-0.2, -0.15) is 0 Å². The summed E-state index contributed by atoms with van der Waals surface area (Å²) in [6.45, 7) is 10.9. The monoisotopic (exact) mass is 555 g/mol. The Balaban J connectivity index is 1.76. The van der Waals surface area contributed by atoms with Crippen molar-refractivity contribution in [3.8, 4) is 5.75 Å². The molecule has 0 saturated carbocycles. The van der Waals surface area contributed by atoms with Crippen LogP contribution in [-0.2, 0) is 12.0 Å². The van der Waals surface area contributed by atoms with Crippen molar-refractivity contribution in [1.29, 1.82) is 0 Å². The molecule has 9 nitrogen and oxygen atoms in total. The number of benzene rings is 1. The number of phenolic OH excluding ortho intramolecular Hbond substituents is 1. The maximum atomic E-state index is 12.3. The normalized spacial score (nSPS) is 12.5. The molecule has 8 N–H and O–H groups in total. The van der Waals surface area contributed by atoms with E-state index in [0.29, 0.717) is 24.1 Å². The third kappa shape index (κ3) is 7.97. The fourth-order valence-electron chi connectivity index (χ4n) is 3.32. The van der Waals surface area contributed by atoms with Crippen LogP contribution < -0.4 is 27.4 Å². The lowest BCUT2D eigenvalue weighted by molar-refractivity contribution is 0.0949. The average molecular weight is 557 g/mol. The molecule has 0 fully saturated rings. The van der Waals surface area contributed by atoms with Crippen LogP contribution in [0.2, 0.25) is 5.15 Å². The van der Waals surface area contributed by atoms with Crippen LogP contribution in [0.5, 0.6) is 5.75 Å². The molecular weight excluding hydrogens is 522 g/mol. The zero-order chi connectivity index (χ0) is 25.5. The van der Waals surface area contributed by atoms with E-state index in [1.165, 1.54) is 0 Å². The fourth-order valence-corrected chi connectivity index (χ4v) is 3.95. The van der Waals surface area contributed by atoms with Gasteiger partial charge in [0.25, 0.3) is 5.91 Å². The maximum Gasteiger partial charge on any atom is 0.273 e. The molecule has 0 radical (unpaired) electrons. The summed E-state index contributed by atoms with van der Waals surface area (Å²) < 4.78 is 0.709. The van der Waals surface area contributed by atoms with Crippen LogP contribution in [0.4, 0.5) is 11.6 Å². The number of phenols is 1. The highest BCUT2D eigenvalue weighted by atomic mass is 79.9. The number of nitrogens with two attached hydrogens (primary N) is 2. The first-order chi connectivity index (χ1) is 15.9. The molecule has 0 saturated heterocycles. The highest BCUT2D eigenvalue weighted by Gasteiger charge is 2.18. The van der Waals surface area contributed by atoms with Gasteiger partial charge in [0.15, 0.2) is 22.5 Å². The minimum absolute atomic E-state index is 0.00393. The Bertz CT molecular complexity index is 998. The molecule has 1 amide bonds. The third-order valence-electron chi connectivity index (χ3n) is 5.45. The highest BCUT2D eigenvalue weighted by molar-refractivity contribution is 9.10. The molecule has 0 aliphatic rings. The summed E-state index contributed by atoms with van der Waals surface area (Å²) in [7, 11) is 0. The summed E-state index contributed by atoms with van der Waals surface area (Å²) >= 11 is 9.29. The van der Waals surface area contributed by atoms with Gasteiger partial charge in [0.1, 0.15) is 5.75 Å². The van der Waals surface area contributed by atoms with E-state index in [4.69, 9.17) is 23.1 Å². The molecule has 0 spiro atoms. The zero-order valence-corrected chi connectivity index (χ0v) is 22.5. The number of nitrogens with one attached hydrogen (secondary N) is 3. The standard InChI is InChI=1S/C23H35BrClN7O2/c1-5-15(29-8-9-30-22(34)17-20(26)32-21(27)19(25)31-17)6-7-28-12-13-10-14(23(2,3)4)11-16(24)18(13)33/h10-11,15,28-29,33H,5-9,12H2,1-4H3,(H,30,34)(H4,26,27,32). The van der Waals surface area contributed by atoms with Gasteiger partial charge in [-0.25, -0.2) is 9.97 Å². The number of halogens is 2. The average Bonchev–Trinajstić information content (AvgIpc) is 2.76. The first-order valence-corrected chi connectivity index (χ1v) is 12.4. The zero-order valence-electron chi connectivity index (χ0n) is 20.1.